The van der Waals surface area contributed by atoms with Crippen LogP contribution in [0.25, 0.3) is 5.78 Å². The summed E-state index contributed by atoms with van der Waals surface area (Å²) in [5.74, 6) is 0.699. The molecule has 7 nitrogen and oxygen atoms in total. The van der Waals surface area contributed by atoms with E-state index in [1.807, 2.05) is 6.92 Å². The quantitative estimate of drug-likeness (QED) is 0.624. The molecule has 0 amide bonds. The molecule has 0 bridgehead atoms. The zero-order chi connectivity index (χ0) is 15.7. The van der Waals surface area contributed by atoms with E-state index in [2.05, 4.69) is 15.1 Å². The van der Waals surface area contributed by atoms with Crippen molar-refractivity contribution in [3.63, 3.8) is 0 Å². The van der Waals surface area contributed by atoms with Crippen molar-refractivity contribution in [2.75, 3.05) is 12.4 Å². The second-order valence-corrected chi connectivity index (χ2v) is 6.21. The smallest absolute Gasteiger partial charge is 0.316 e. The molecule has 0 spiro atoms. The van der Waals surface area contributed by atoms with E-state index in [1.165, 1.54) is 16.3 Å². The van der Waals surface area contributed by atoms with Gasteiger partial charge in [-0.05, 0) is 19.3 Å². The normalized spacial score (nSPS) is 17.5. The Kier molecular flexibility index (Phi) is 4.10. The topological polar surface area (TPSA) is 86.4 Å². The molecule has 0 aromatic carbocycles. The largest absolute Gasteiger partial charge is 0.465 e. The Morgan fingerprint density at radius 2 is 2.27 bits per heavy atom. The van der Waals surface area contributed by atoms with E-state index in [0.717, 1.165) is 12.1 Å². The van der Waals surface area contributed by atoms with Crippen LogP contribution in [0.15, 0.2) is 11.4 Å². The molecule has 0 N–H and O–H groups in total. The summed E-state index contributed by atoms with van der Waals surface area (Å²) in [6, 6.07) is 0. The van der Waals surface area contributed by atoms with E-state index in [4.69, 9.17) is 4.74 Å². The van der Waals surface area contributed by atoms with Crippen molar-refractivity contribution in [2.24, 2.45) is 5.92 Å². The zero-order valence-electron chi connectivity index (χ0n) is 12.4. The number of hydrogen-bond donors (Lipinski definition) is 0. The highest BCUT2D eigenvalue weighted by atomic mass is 32.2. The van der Waals surface area contributed by atoms with Crippen LogP contribution in [-0.2, 0) is 16.0 Å². The number of aromatic nitrogens is 4. The summed E-state index contributed by atoms with van der Waals surface area (Å²) >= 11 is 1.20. The molecule has 0 radical (unpaired) electrons. The molecule has 0 aliphatic heterocycles. The van der Waals surface area contributed by atoms with Gasteiger partial charge < -0.3 is 4.74 Å². The van der Waals surface area contributed by atoms with Gasteiger partial charge in [-0.15, -0.1) is 5.10 Å². The van der Waals surface area contributed by atoms with Gasteiger partial charge in [0.05, 0.1) is 23.6 Å². The predicted molar refractivity (Wildman–Crippen MR) is 80.0 cm³/mol. The van der Waals surface area contributed by atoms with Gasteiger partial charge in [0, 0.05) is 12.6 Å². The minimum atomic E-state index is -0.303. The molecule has 2 heterocycles. The molecule has 1 aliphatic carbocycles. The molecule has 1 atom stereocenters. The lowest BCUT2D eigenvalue weighted by atomic mass is 9.88. The Labute approximate surface area is 131 Å². The van der Waals surface area contributed by atoms with Gasteiger partial charge in [-0.25, -0.2) is 9.50 Å². The van der Waals surface area contributed by atoms with Crippen LogP contribution in [0.1, 0.15) is 36.3 Å². The molecule has 8 heteroatoms. The number of hydrogen-bond acceptors (Lipinski definition) is 7. The van der Waals surface area contributed by atoms with E-state index in [1.54, 1.807) is 13.1 Å². The van der Waals surface area contributed by atoms with Crippen molar-refractivity contribution in [3.05, 3.63) is 17.5 Å². The van der Waals surface area contributed by atoms with Gasteiger partial charge in [-0.2, -0.15) is 4.98 Å². The van der Waals surface area contributed by atoms with E-state index >= 15 is 0 Å². The Morgan fingerprint density at radius 3 is 3.05 bits per heavy atom. The fourth-order valence-corrected chi connectivity index (χ4v) is 3.06. The number of thioether (sulfide) groups is 1. The highest BCUT2D eigenvalue weighted by Crippen LogP contribution is 2.24. The van der Waals surface area contributed by atoms with Crippen LogP contribution >= 0.6 is 11.8 Å². The molecule has 0 saturated carbocycles. The Balaban J connectivity index is 1.84. The van der Waals surface area contributed by atoms with Crippen LogP contribution in [0.3, 0.4) is 0 Å². The molecular weight excluding hydrogens is 304 g/mol. The summed E-state index contributed by atoms with van der Waals surface area (Å²) in [7, 11) is 0. The Hall–Kier alpha value is -1.96. The molecule has 116 valence electrons. The molecule has 2 aromatic heterocycles. The number of fused-ring (bicyclic) bond motifs is 2. The maximum absolute atomic E-state index is 12.1. The third kappa shape index (κ3) is 2.96. The second-order valence-electron chi connectivity index (χ2n) is 5.27. The summed E-state index contributed by atoms with van der Waals surface area (Å²) in [5.41, 5.74) is 1.41. The first-order chi connectivity index (χ1) is 10.6. The molecular formula is C14H16N4O3S. The van der Waals surface area contributed by atoms with Crippen molar-refractivity contribution >= 4 is 29.3 Å². The van der Waals surface area contributed by atoms with E-state index in [0.29, 0.717) is 35.4 Å². The number of carbonyl (C=O) groups excluding carboxylic acids is 2. The first kappa shape index (κ1) is 15.0. The van der Waals surface area contributed by atoms with Crippen LogP contribution in [-0.4, -0.2) is 43.7 Å². The highest BCUT2D eigenvalue weighted by molar-refractivity contribution is 7.99. The van der Waals surface area contributed by atoms with Gasteiger partial charge in [-0.1, -0.05) is 18.7 Å². The van der Waals surface area contributed by atoms with Gasteiger partial charge >= 0.3 is 5.97 Å². The number of carbonyl (C=O) groups is 2. The number of nitrogens with zero attached hydrogens (tertiary/aromatic N) is 4. The number of esters is 1. The lowest BCUT2D eigenvalue weighted by Crippen LogP contribution is -2.20. The van der Waals surface area contributed by atoms with Gasteiger partial charge in [-0.3, -0.25) is 9.59 Å². The van der Waals surface area contributed by atoms with Gasteiger partial charge in [0.2, 0.25) is 5.16 Å². The van der Waals surface area contributed by atoms with Crippen LogP contribution in [0.5, 0.6) is 0 Å². The molecule has 1 aliphatic rings. The third-order valence-corrected chi connectivity index (χ3v) is 4.20. The molecule has 22 heavy (non-hydrogen) atoms. The maximum Gasteiger partial charge on any atom is 0.316 e. The van der Waals surface area contributed by atoms with E-state index in [9.17, 15) is 9.59 Å². The molecule has 2 aromatic rings. The van der Waals surface area contributed by atoms with Crippen molar-refractivity contribution in [1.29, 1.82) is 0 Å². The Bertz CT molecular complexity index is 743. The molecule has 0 unspecified atom stereocenters. The van der Waals surface area contributed by atoms with Crippen LogP contribution in [0, 0.1) is 5.92 Å². The summed E-state index contributed by atoms with van der Waals surface area (Å²) in [6.45, 7) is 4.15. The van der Waals surface area contributed by atoms with Crippen molar-refractivity contribution in [3.8, 4) is 0 Å². The van der Waals surface area contributed by atoms with Crippen LogP contribution in [0.2, 0.25) is 0 Å². The highest BCUT2D eigenvalue weighted by Gasteiger charge is 2.25. The van der Waals surface area contributed by atoms with Crippen LogP contribution < -0.4 is 0 Å². The van der Waals surface area contributed by atoms with Gasteiger partial charge in [0.25, 0.3) is 5.78 Å². The standard InChI is InChI=1S/C14H16N4O3S/c1-3-21-12(20)7-22-14-16-13-15-10-4-8(2)5-11(19)9(10)6-18(13)17-14/h6,8H,3-5,7H2,1-2H3/t8-/m0/s1. The van der Waals surface area contributed by atoms with Crippen LogP contribution in [0.4, 0.5) is 0 Å². The maximum atomic E-state index is 12.1. The first-order valence-electron chi connectivity index (χ1n) is 7.14. The van der Waals surface area contributed by atoms with Crippen molar-refractivity contribution in [2.45, 2.75) is 31.8 Å². The van der Waals surface area contributed by atoms with E-state index < -0.39 is 0 Å². The molecule has 0 saturated heterocycles. The Morgan fingerprint density at radius 1 is 1.45 bits per heavy atom. The van der Waals surface area contributed by atoms with Gasteiger partial charge in [0.15, 0.2) is 5.78 Å². The number of Topliss-reactive ketones (excluding diaryl/α,β-unsaturated/α-hetero) is 1. The lowest BCUT2D eigenvalue weighted by Gasteiger charge is -2.18. The number of ether oxygens (including phenoxy) is 1. The SMILES string of the molecule is CCOC(=O)CSc1nc2nc3c(cn2n1)C(=O)C[C@@H](C)C3. The summed E-state index contributed by atoms with van der Waals surface area (Å²) in [6.07, 6.45) is 3.00. The third-order valence-electron chi connectivity index (χ3n) is 3.39. The number of rotatable bonds is 4. The molecule has 3 rings (SSSR count). The minimum Gasteiger partial charge on any atom is -0.465 e. The number of ketones is 1. The minimum absolute atomic E-state index is 0.0966. The lowest BCUT2D eigenvalue weighted by molar-refractivity contribution is -0.139. The average molecular weight is 320 g/mol. The average Bonchev–Trinajstić information content (AvgIpc) is 2.85. The summed E-state index contributed by atoms with van der Waals surface area (Å²) < 4.78 is 6.36. The summed E-state index contributed by atoms with van der Waals surface area (Å²) in [4.78, 5) is 32.1. The zero-order valence-corrected chi connectivity index (χ0v) is 13.2. The summed E-state index contributed by atoms with van der Waals surface area (Å²) in [5, 5.41) is 4.70. The van der Waals surface area contributed by atoms with Crippen molar-refractivity contribution < 1.29 is 14.3 Å². The van der Waals surface area contributed by atoms with Gasteiger partial charge in [0.1, 0.15) is 0 Å². The fraction of sp³-hybridized carbons (Fsp3) is 0.500. The monoisotopic (exact) mass is 320 g/mol. The fourth-order valence-electron chi connectivity index (χ4n) is 2.44. The first-order valence-corrected chi connectivity index (χ1v) is 8.13. The second kappa shape index (κ2) is 6.04. The van der Waals surface area contributed by atoms with E-state index in [-0.39, 0.29) is 17.5 Å². The predicted octanol–water partition coefficient (Wildman–Crippen LogP) is 1.54. The molecule has 0 fully saturated rings. The van der Waals surface area contributed by atoms with Crippen molar-refractivity contribution in [1.82, 2.24) is 19.6 Å².